The number of H-pyrrole nitrogens is 1. The van der Waals surface area contributed by atoms with Gasteiger partial charge in [0.25, 0.3) is 5.91 Å². The summed E-state index contributed by atoms with van der Waals surface area (Å²) in [5.74, 6) is 0.623. The Balaban J connectivity index is 2.11. The highest BCUT2D eigenvalue weighted by molar-refractivity contribution is 5.94. The first kappa shape index (κ1) is 12.9. The lowest BCUT2D eigenvalue weighted by atomic mass is 9.86. The smallest absolute Gasteiger partial charge is 0.254 e. The predicted molar refractivity (Wildman–Crippen MR) is 70.6 cm³/mol. The minimum atomic E-state index is -0.230. The summed E-state index contributed by atoms with van der Waals surface area (Å²) >= 11 is 0. The van der Waals surface area contributed by atoms with Gasteiger partial charge < -0.3 is 9.88 Å². The molecule has 1 aliphatic carbocycles. The zero-order valence-corrected chi connectivity index (χ0v) is 11.0. The molecule has 2 atom stereocenters. The standard InChI is InChI=1S/C14H20N2O2/c1-10-4-3-5-12(8-10)16(2)14(18)11-6-7-15-13(17)9-11/h6-7,9-10,12H,3-5,8H2,1-2H3,(H,15,17). The lowest BCUT2D eigenvalue weighted by Crippen LogP contribution is -2.40. The molecule has 2 rings (SSSR count). The second-order valence-electron chi connectivity index (χ2n) is 5.28. The highest BCUT2D eigenvalue weighted by Crippen LogP contribution is 2.27. The van der Waals surface area contributed by atoms with E-state index in [0.717, 1.165) is 12.8 Å². The van der Waals surface area contributed by atoms with Crippen LogP contribution in [0.25, 0.3) is 0 Å². The Hall–Kier alpha value is -1.58. The van der Waals surface area contributed by atoms with Gasteiger partial charge in [-0.1, -0.05) is 19.8 Å². The van der Waals surface area contributed by atoms with Crippen molar-refractivity contribution < 1.29 is 4.79 Å². The Bertz CT molecular complexity index is 481. The number of amides is 1. The van der Waals surface area contributed by atoms with Crippen molar-refractivity contribution in [2.24, 2.45) is 5.92 Å². The van der Waals surface area contributed by atoms with E-state index in [1.54, 1.807) is 11.0 Å². The average molecular weight is 248 g/mol. The van der Waals surface area contributed by atoms with Crippen LogP contribution >= 0.6 is 0 Å². The van der Waals surface area contributed by atoms with Gasteiger partial charge in [-0.05, 0) is 24.8 Å². The minimum Gasteiger partial charge on any atom is -0.339 e. The molecule has 1 N–H and O–H groups in total. The maximum atomic E-state index is 12.3. The van der Waals surface area contributed by atoms with Crippen molar-refractivity contribution in [1.82, 2.24) is 9.88 Å². The molecule has 0 spiro atoms. The van der Waals surface area contributed by atoms with Crippen molar-refractivity contribution in [2.45, 2.75) is 38.6 Å². The fourth-order valence-electron chi connectivity index (χ4n) is 2.70. The molecule has 4 nitrogen and oxygen atoms in total. The molecule has 0 aromatic carbocycles. The Morgan fingerprint density at radius 2 is 2.22 bits per heavy atom. The normalized spacial score (nSPS) is 23.7. The second-order valence-corrected chi connectivity index (χ2v) is 5.28. The van der Waals surface area contributed by atoms with Crippen molar-refractivity contribution in [3.05, 3.63) is 34.2 Å². The first-order chi connectivity index (χ1) is 8.58. The molecule has 2 unspecified atom stereocenters. The van der Waals surface area contributed by atoms with Crippen LogP contribution in [-0.2, 0) is 0 Å². The summed E-state index contributed by atoms with van der Waals surface area (Å²) in [6, 6.07) is 3.33. The van der Waals surface area contributed by atoms with Gasteiger partial charge in [-0.25, -0.2) is 0 Å². The van der Waals surface area contributed by atoms with Gasteiger partial charge in [0, 0.05) is 30.9 Å². The first-order valence-electron chi connectivity index (χ1n) is 6.54. The van der Waals surface area contributed by atoms with Crippen LogP contribution in [0.2, 0.25) is 0 Å². The van der Waals surface area contributed by atoms with Crippen molar-refractivity contribution in [3.8, 4) is 0 Å². The lowest BCUT2D eigenvalue weighted by Gasteiger charge is -2.34. The van der Waals surface area contributed by atoms with E-state index in [-0.39, 0.29) is 11.5 Å². The maximum Gasteiger partial charge on any atom is 0.254 e. The van der Waals surface area contributed by atoms with Crippen LogP contribution in [0.4, 0.5) is 0 Å². The molecular formula is C14H20N2O2. The fourth-order valence-corrected chi connectivity index (χ4v) is 2.70. The number of aromatic nitrogens is 1. The number of hydrogen-bond acceptors (Lipinski definition) is 2. The monoisotopic (exact) mass is 248 g/mol. The lowest BCUT2D eigenvalue weighted by molar-refractivity contribution is 0.0672. The highest BCUT2D eigenvalue weighted by atomic mass is 16.2. The van der Waals surface area contributed by atoms with Crippen LogP contribution in [0.3, 0.4) is 0 Å². The molecule has 98 valence electrons. The van der Waals surface area contributed by atoms with E-state index < -0.39 is 0 Å². The summed E-state index contributed by atoms with van der Waals surface area (Å²) < 4.78 is 0. The van der Waals surface area contributed by atoms with Crippen LogP contribution in [-0.4, -0.2) is 28.9 Å². The van der Waals surface area contributed by atoms with Gasteiger partial charge in [-0.2, -0.15) is 0 Å². The summed E-state index contributed by atoms with van der Waals surface area (Å²) in [7, 11) is 1.84. The van der Waals surface area contributed by atoms with Crippen LogP contribution in [0.5, 0.6) is 0 Å². The summed E-state index contributed by atoms with van der Waals surface area (Å²) in [5.41, 5.74) is 0.241. The third-order valence-electron chi connectivity index (χ3n) is 3.80. The highest BCUT2D eigenvalue weighted by Gasteiger charge is 2.26. The van der Waals surface area contributed by atoms with E-state index in [2.05, 4.69) is 11.9 Å². The second kappa shape index (κ2) is 5.38. The van der Waals surface area contributed by atoms with E-state index in [4.69, 9.17) is 0 Å². The Kier molecular flexibility index (Phi) is 3.84. The largest absolute Gasteiger partial charge is 0.339 e. The maximum absolute atomic E-state index is 12.3. The molecule has 0 aliphatic heterocycles. The number of nitrogens with zero attached hydrogens (tertiary/aromatic N) is 1. The zero-order valence-electron chi connectivity index (χ0n) is 11.0. The van der Waals surface area contributed by atoms with Crippen molar-refractivity contribution >= 4 is 5.91 Å². The molecule has 1 amide bonds. The van der Waals surface area contributed by atoms with E-state index in [9.17, 15) is 9.59 Å². The number of rotatable bonds is 2. The van der Waals surface area contributed by atoms with Crippen LogP contribution in [0, 0.1) is 5.92 Å². The Morgan fingerprint density at radius 3 is 2.89 bits per heavy atom. The van der Waals surface area contributed by atoms with Crippen molar-refractivity contribution in [3.63, 3.8) is 0 Å². The van der Waals surface area contributed by atoms with Crippen molar-refractivity contribution in [2.75, 3.05) is 7.05 Å². The number of nitrogens with one attached hydrogen (secondary N) is 1. The number of pyridine rings is 1. The molecule has 0 bridgehead atoms. The van der Waals surface area contributed by atoms with Crippen LogP contribution in [0.1, 0.15) is 43.0 Å². The summed E-state index contributed by atoms with van der Waals surface area (Å²) in [5, 5.41) is 0. The van der Waals surface area contributed by atoms with E-state index in [1.165, 1.54) is 25.1 Å². The van der Waals surface area contributed by atoms with Gasteiger partial charge in [-0.15, -0.1) is 0 Å². The van der Waals surface area contributed by atoms with E-state index in [0.29, 0.717) is 17.5 Å². The third kappa shape index (κ3) is 2.81. The number of carbonyl (C=O) groups is 1. The summed E-state index contributed by atoms with van der Waals surface area (Å²) in [6.45, 7) is 2.23. The molecule has 0 saturated heterocycles. The van der Waals surface area contributed by atoms with E-state index >= 15 is 0 Å². The minimum absolute atomic E-state index is 0.0554. The summed E-state index contributed by atoms with van der Waals surface area (Å²) in [6.07, 6.45) is 6.08. The number of carbonyl (C=O) groups excluding carboxylic acids is 1. The molecular weight excluding hydrogens is 228 g/mol. The van der Waals surface area contributed by atoms with Crippen LogP contribution in [0.15, 0.2) is 23.1 Å². The Labute approximate surface area is 107 Å². The third-order valence-corrected chi connectivity index (χ3v) is 3.80. The zero-order chi connectivity index (χ0) is 13.1. The average Bonchev–Trinajstić information content (AvgIpc) is 2.37. The fraction of sp³-hybridized carbons (Fsp3) is 0.571. The quantitative estimate of drug-likeness (QED) is 0.870. The predicted octanol–water partition coefficient (Wildman–Crippen LogP) is 2.03. The topological polar surface area (TPSA) is 53.2 Å². The molecule has 0 radical (unpaired) electrons. The van der Waals surface area contributed by atoms with Crippen molar-refractivity contribution in [1.29, 1.82) is 0 Å². The first-order valence-corrected chi connectivity index (χ1v) is 6.54. The molecule has 18 heavy (non-hydrogen) atoms. The molecule has 1 saturated carbocycles. The van der Waals surface area contributed by atoms with Gasteiger partial charge in [0.2, 0.25) is 5.56 Å². The summed E-state index contributed by atoms with van der Waals surface area (Å²) in [4.78, 5) is 27.8. The number of hydrogen-bond donors (Lipinski definition) is 1. The SMILES string of the molecule is CC1CCCC(N(C)C(=O)c2cc[nH]c(=O)c2)C1. The molecule has 1 aliphatic rings. The van der Waals surface area contributed by atoms with Gasteiger partial charge in [-0.3, -0.25) is 9.59 Å². The molecule has 1 aromatic rings. The molecule has 4 heteroatoms. The van der Waals surface area contributed by atoms with Gasteiger partial charge >= 0.3 is 0 Å². The molecule has 1 aromatic heterocycles. The van der Waals surface area contributed by atoms with E-state index in [1.807, 2.05) is 7.05 Å². The molecule has 1 heterocycles. The molecule has 1 fully saturated rings. The Morgan fingerprint density at radius 1 is 1.44 bits per heavy atom. The van der Waals surface area contributed by atoms with Gasteiger partial charge in [0.1, 0.15) is 0 Å². The van der Waals surface area contributed by atoms with Crippen LogP contribution < -0.4 is 5.56 Å². The van der Waals surface area contributed by atoms with Gasteiger partial charge in [0.15, 0.2) is 0 Å². The van der Waals surface area contributed by atoms with Gasteiger partial charge in [0.05, 0.1) is 0 Å². The number of aromatic amines is 1.